The van der Waals surface area contributed by atoms with Gasteiger partial charge < -0.3 is 5.73 Å². The number of nitrogens with two attached hydrogens (primary N) is 1. The van der Waals surface area contributed by atoms with E-state index in [1.807, 2.05) is 54.6 Å². The van der Waals surface area contributed by atoms with Crippen LogP contribution in [-0.4, -0.2) is 12.1 Å². The zero-order valence-corrected chi connectivity index (χ0v) is 18.0. The highest BCUT2D eigenvalue weighted by molar-refractivity contribution is 5.89. The van der Waals surface area contributed by atoms with Gasteiger partial charge in [-0.1, -0.05) is 67.3 Å². The summed E-state index contributed by atoms with van der Waals surface area (Å²) in [7, 11) is 0. The first-order valence-corrected chi connectivity index (χ1v) is 10.4. The molecular weight excluding hydrogens is 390 g/mol. The Morgan fingerprint density at radius 3 is 2.42 bits per heavy atom. The molecule has 0 saturated carbocycles. The molecule has 3 aromatic carbocycles. The average Bonchev–Trinajstić information content (AvgIpc) is 2.75. The van der Waals surface area contributed by atoms with Crippen LogP contribution in [0.1, 0.15) is 48.1 Å². The van der Waals surface area contributed by atoms with Crippen molar-refractivity contribution in [2.24, 2.45) is 4.99 Å². The van der Waals surface area contributed by atoms with Crippen molar-refractivity contribution >= 4 is 18.0 Å². The van der Waals surface area contributed by atoms with Gasteiger partial charge in [0.05, 0.1) is 6.04 Å². The van der Waals surface area contributed by atoms with Crippen molar-refractivity contribution in [2.45, 2.75) is 38.7 Å². The zero-order valence-electron chi connectivity index (χ0n) is 18.0. The smallest absolute Gasteiger partial charge is 0.245 e. The molecule has 0 radical (unpaired) electrons. The van der Waals surface area contributed by atoms with Crippen LogP contribution in [0.5, 0.6) is 0 Å². The fraction of sp³-hybridized carbons (Fsp3) is 0.222. The Labute approximate surface area is 183 Å². The maximum Gasteiger partial charge on any atom is 0.245 e. The summed E-state index contributed by atoms with van der Waals surface area (Å²) >= 11 is 0. The molecule has 2 N–H and O–H groups in total. The van der Waals surface area contributed by atoms with E-state index in [0.717, 1.165) is 34.7 Å². The Morgan fingerprint density at radius 1 is 1.06 bits per heavy atom. The van der Waals surface area contributed by atoms with Gasteiger partial charge in [-0.25, -0.2) is 8.78 Å². The SMILES string of the molecule is C=Cc1ccc(C(CCC(C)(F)F)N=Cc2cc(-c3ccccc3C)ccc2N)cc1. The molecule has 0 spiro atoms. The Bertz CT molecular complexity index is 1060. The van der Waals surface area contributed by atoms with E-state index < -0.39 is 5.92 Å². The van der Waals surface area contributed by atoms with Crippen LogP contribution in [0.15, 0.2) is 78.3 Å². The van der Waals surface area contributed by atoms with E-state index in [1.165, 1.54) is 5.56 Å². The Balaban J connectivity index is 1.92. The maximum absolute atomic E-state index is 13.5. The summed E-state index contributed by atoms with van der Waals surface area (Å²) in [5.74, 6) is -2.74. The van der Waals surface area contributed by atoms with Crippen LogP contribution in [0.3, 0.4) is 0 Å². The summed E-state index contributed by atoms with van der Waals surface area (Å²) in [5.41, 5.74) is 12.8. The van der Waals surface area contributed by atoms with Gasteiger partial charge in [-0.15, -0.1) is 0 Å². The predicted octanol–water partition coefficient (Wildman–Crippen LogP) is 7.48. The van der Waals surface area contributed by atoms with Crippen LogP contribution in [0.25, 0.3) is 17.2 Å². The monoisotopic (exact) mass is 418 g/mol. The molecule has 0 fully saturated rings. The lowest BCUT2D eigenvalue weighted by Gasteiger charge is -2.17. The Kier molecular flexibility index (Phi) is 7.01. The van der Waals surface area contributed by atoms with Gasteiger partial charge in [0.25, 0.3) is 0 Å². The minimum absolute atomic E-state index is 0.239. The van der Waals surface area contributed by atoms with Crippen LogP contribution in [0.2, 0.25) is 0 Å². The quantitative estimate of drug-likeness (QED) is 0.299. The fourth-order valence-corrected chi connectivity index (χ4v) is 3.49. The zero-order chi connectivity index (χ0) is 22.4. The van der Waals surface area contributed by atoms with Crippen molar-refractivity contribution in [1.82, 2.24) is 0 Å². The second kappa shape index (κ2) is 9.69. The molecule has 1 atom stereocenters. The number of hydrogen-bond acceptors (Lipinski definition) is 2. The van der Waals surface area contributed by atoms with Crippen LogP contribution >= 0.6 is 0 Å². The number of aliphatic imine (C=N–C) groups is 1. The van der Waals surface area contributed by atoms with E-state index in [9.17, 15) is 8.78 Å². The van der Waals surface area contributed by atoms with Gasteiger partial charge in [-0.2, -0.15) is 0 Å². The van der Waals surface area contributed by atoms with Gasteiger partial charge in [-0.3, -0.25) is 4.99 Å². The second-order valence-corrected chi connectivity index (χ2v) is 7.93. The highest BCUT2D eigenvalue weighted by Gasteiger charge is 2.23. The lowest BCUT2D eigenvalue weighted by atomic mass is 9.98. The summed E-state index contributed by atoms with van der Waals surface area (Å²) in [5, 5.41) is 0. The molecule has 0 heterocycles. The van der Waals surface area contributed by atoms with E-state index >= 15 is 0 Å². The number of rotatable bonds is 8. The third-order valence-electron chi connectivity index (χ3n) is 5.35. The summed E-state index contributed by atoms with van der Waals surface area (Å²) in [6.07, 6.45) is 3.46. The van der Waals surface area contributed by atoms with E-state index in [1.54, 1.807) is 12.3 Å². The van der Waals surface area contributed by atoms with Crippen molar-refractivity contribution in [3.8, 4) is 11.1 Å². The molecule has 0 saturated heterocycles. The van der Waals surface area contributed by atoms with Gasteiger partial charge >= 0.3 is 0 Å². The predicted molar refractivity (Wildman–Crippen MR) is 128 cm³/mol. The van der Waals surface area contributed by atoms with E-state index in [0.29, 0.717) is 5.69 Å². The third kappa shape index (κ3) is 6.11. The molecule has 0 aliphatic rings. The largest absolute Gasteiger partial charge is 0.398 e. The maximum atomic E-state index is 13.5. The topological polar surface area (TPSA) is 38.4 Å². The number of alkyl halides is 2. The summed E-state index contributed by atoms with van der Waals surface area (Å²) in [6, 6.07) is 21.3. The standard InChI is InChI=1S/C27H28F2N2/c1-4-20-9-11-21(12-10-20)26(15-16-27(3,28)29)31-18-23-17-22(13-14-25(23)30)24-8-6-5-7-19(24)2/h4-14,17-18,26H,1,15-16,30H2,2-3H3. The molecule has 0 bridgehead atoms. The van der Waals surface area contributed by atoms with Gasteiger partial charge in [0, 0.05) is 23.9 Å². The number of aryl methyl sites for hydroxylation is 1. The normalized spacial score (nSPS) is 12.8. The number of halogens is 2. The van der Waals surface area contributed by atoms with Crippen LogP contribution in [-0.2, 0) is 0 Å². The van der Waals surface area contributed by atoms with Crippen molar-refractivity contribution in [3.63, 3.8) is 0 Å². The van der Waals surface area contributed by atoms with Crippen LogP contribution in [0, 0.1) is 6.92 Å². The lowest BCUT2D eigenvalue weighted by Crippen LogP contribution is -2.11. The fourth-order valence-electron chi connectivity index (χ4n) is 3.49. The lowest BCUT2D eigenvalue weighted by molar-refractivity contribution is 0.00930. The van der Waals surface area contributed by atoms with E-state index in [2.05, 4.69) is 30.6 Å². The first-order chi connectivity index (χ1) is 14.8. The number of nitrogens with zero attached hydrogens (tertiary/aromatic N) is 1. The average molecular weight is 419 g/mol. The summed E-state index contributed by atoms with van der Waals surface area (Å²) in [4.78, 5) is 4.68. The highest BCUT2D eigenvalue weighted by Crippen LogP contribution is 2.30. The van der Waals surface area contributed by atoms with Gasteiger partial charge in [0.1, 0.15) is 0 Å². The third-order valence-corrected chi connectivity index (χ3v) is 5.35. The molecule has 0 aliphatic heterocycles. The van der Waals surface area contributed by atoms with E-state index in [4.69, 9.17) is 5.73 Å². The molecule has 160 valence electrons. The van der Waals surface area contributed by atoms with Gasteiger partial charge in [0.15, 0.2) is 0 Å². The summed E-state index contributed by atoms with van der Waals surface area (Å²) in [6.45, 7) is 6.76. The first kappa shape index (κ1) is 22.4. The molecule has 3 rings (SSSR count). The van der Waals surface area contributed by atoms with Gasteiger partial charge in [-0.05, 0) is 60.2 Å². The highest BCUT2D eigenvalue weighted by atomic mass is 19.3. The first-order valence-electron chi connectivity index (χ1n) is 10.4. The van der Waals surface area contributed by atoms with Crippen molar-refractivity contribution in [2.75, 3.05) is 5.73 Å². The molecule has 0 amide bonds. The molecule has 0 aromatic heterocycles. The Hall–Kier alpha value is -3.27. The van der Waals surface area contributed by atoms with Crippen molar-refractivity contribution in [3.05, 3.63) is 95.6 Å². The van der Waals surface area contributed by atoms with Gasteiger partial charge in [0.2, 0.25) is 5.92 Å². The molecular formula is C27H28F2N2. The number of anilines is 1. The van der Waals surface area contributed by atoms with Crippen molar-refractivity contribution < 1.29 is 8.78 Å². The number of hydrogen-bond donors (Lipinski definition) is 1. The second-order valence-electron chi connectivity index (χ2n) is 7.93. The Morgan fingerprint density at radius 2 is 1.77 bits per heavy atom. The van der Waals surface area contributed by atoms with Crippen LogP contribution in [0.4, 0.5) is 14.5 Å². The molecule has 4 heteroatoms. The summed E-state index contributed by atoms with van der Waals surface area (Å²) < 4.78 is 27.1. The number of nitrogen functional groups attached to an aromatic ring is 1. The molecule has 31 heavy (non-hydrogen) atoms. The van der Waals surface area contributed by atoms with Crippen molar-refractivity contribution in [1.29, 1.82) is 0 Å². The molecule has 1 unspecified atom stereocenters. The minimum atomic E-state index is -2.74. The number of benzene rings is 3. The van der Waals surface area contributed by atoms with Crippen LogP contribution < -0.4 is 5.73 Å². The molecule has 0 aliphatic carbocycles. The van der Waals surface area contributed by atoms with E-state index in [-0.39, 0.29) is 18.9 Å². The minimum Gasteiger partial charge on any atom is -0.398 e. The molecule has 3 aromatic rings. The molecule has 2 nitrogen and oxygen atoms in total.